The van der Waals surface area contributed by atoms with Gasteiger partial charge in [-0.2, -0.15) is 0 Å². The molecule has 3 N–H and O–H groups in total. The standard InChI is InChI=1S/C24H29N5OS.HI/c1-18-22(31-17-29-18)23(30)26-15-16-28-24(25-2)27-14-13-21(19-9-5-3-6-10-19)20-11-7-4-8-12-20;/h3-12,17,21H,13-16H2,1-2H3,(H,26,30)(H2,25,27,28);1H. The molecular weight excluding hydrogens is 533 g/mol. The van der Waals surface area contributed by atoms with Gasteiger partial charge in [0.05, 0.1) is 11.2 Å². The zero-order valence-corrected chi connectivity index (χ0v) is 21.5. The van der Waals surface area contributed by atoms with Crippen molar-refractivity contribution in [3.63, 3.8) is 0 Å². The Morgan fingerprint density at radius 1 is 0.938 bits per heavy atom. The van der Waals surface area contributed by atoms with Crippen LogP contribution in [0.3, 0.4) is 0 Å². The van der Waals surface area contributed by atoms with Crippen LogP contribution in [0.15, 0.2) is 71.2 Å². The lowest BCUT2D eigenvalue weighted by Crippen LogP contribution is -2.42. The molecule has 8 heteroatoms. The Bertz CT molecular complexity index is 939. The Kier molecular flexibility index (Phi) is 11.2. The van der Waals surface area contributed by atoms with E-state index in [4.69, 9.17) is 0 Å². The summed E-state index contributed by atoms with van der Waals surface area (Å²) in [6.07, 6.45) is 0.941. The summed E-state index contributed by atoms with van der Waals surface area (Å²) >= 11 is 1.36. The summed E-state index contributed by atoms with van der Waals surface area (Å²) in [5.74, 6) is 0.955. The van der Waals surface area contributed by atoms with Gasteiger partial charge < -0.3 is 16.0 Å². The van der Waals surface area contributed by atoms with E-state index in [1.807, 2.05) is 19.1 Å². The van der Waals surface area contributed by atoms with Gasteiger partial charge in [-0.05, 0) is 24.5 Å². The van der Waals surface area contributed by atoms with E-state index in [1.165, 1.54) is 22.5 Å². The van der Waals surface area contributed by atoms with Crippen LogP contribution in [0.2, 0.25) is 0 Å². The molecule has 2 aromatic carbocycles. The van der Waals surface area contributed by atoms with Gasteiger partial charge in [0.15, 0.2) is 5.96 Å². The van der Waals surface area contributed by atoms with Crippen molar-refractivity contribution in [1.29, 1.82) is 0 Å². The maximum absolute atomic E-state index is 12.1. The molecule has 0 aliphatic rings. The smallest absolute Gasteiger partial charge is 0.263 e. The molecule has 0 spiro atoms. The number of aliphatic imine (C=N–C) groups is 1. The maximum atomic E-state index is 12.1. The van der Waals surface area contributed by atoms with Crippen LogP contribution in [-0.2, 0) is 0 Å². The highest BCUT2D eigenvalue weighted by Gasteiger charge is 2.14. The zero-order valence-electron chi connectivity index (χ0n) is 18.4. The molecule has 0 unspecified atom stereocenters. The Hall–Kier alpha value is -2.46. The number of halogens is 1. The van der Waals surface area contributed by atoms with Crippen LogP contribution in [-0.4, -0.2) is 43.5 Å². The molecule has 0 atom stereocenters. The fourth-order valence-corrected chi connectivity index (χ4v) is 4.13. The number of carbonyl (C=O) groups is 1. The summed E-state index contributed by atoms with van der Waals surface area (Å²) < 4.78 is 0. The minimum Gasteiger partial charge on any atom is -0.356 e. The van der Waals surface area contributed by atoms with E-state index in [0.717, 1.165) is 24.6 Å². The molecule has 1 aromatic heterocycles. The fraction of sp³-hybridized carbons (Fsp3) is 0.292. The monoisotopic (exact) mass is 563 g/mol. The highest BCUT2D eigenvalue weighted by atomic mass is 127. The van der Waals surface area contributed by atoms with Gasteiger partial charge in [0, 0.05) is 32.6 Å². The van der Waals surface area contributed by atoms with E-state index in [9.17, 15) is 4.79 Å². The second kappa shape index (κ2) is 13.8. The van der Waals surface area contributed by atoms with Crippen molar-refractivity contribution < 1.29 is 4.79 Å². The first-order chi connectivity index (χ1) is 15.2. The molecule has 0 bridgehead atoms. The number of aryl methyl sites for hydroxylation is 1. The largest absolute Gasteiger partial charge is 0.356 e. The Labute approximate surface area is 211 Å². The van der Waals surface area contributed by atoms with Crippen molar-refractivity contribution in [3.05, 3.63) is 87.9 Å². The van der Waals surface area contributed by atoms with Crippen LogP contribution in [0, 0.1) is 6.92 Å². The van der Waals surface area contributed by atoms with Gasteiger partial charge in [-0.15, -0.1) is 35.3 Å². The number of rotatable bonds is 9. The first-order valence-electron chi connectivity index (χ1n) is 10.4. The Balaban J connectivity index is 0.00000363. The number of hydrogen-bond donors (Lipinski definition) is 3. The van der Waals surface area contributed by atoms with Crippen molar-refractivity contribution in [2.75, 3.05) is 26.7 Å². The van der Waals surface area contributed by atoms with Crippen molar-refractivity contribution in [2.45, 2.75) is 19.3 Å². The highest BCUT2D eigenvalue weighted by molar-refractivity contribution is 14.0. The van der Waals surface area contributed by atoms with Crippen molar-refractivity contribution >= 4 is 47.2 Å². The molecule has 0 radical (unpaired) electrons. The average molecular weight is 564 g/mol. The Morgan fingerprint density at radius 3 is 2.03 bits per heavy atom. The maximum Gasteiger partial charge on any atom is 0.263 e. The van der Waals surface area contributed by atoms with E-state index >= 15 is 0 Å². The lowest BCUT2D eigenvalue weighted by molar-refractivity contribution is 0.0957. The van der Waals surface area contributed by atoms with E-state index in [1.54, 1.807) is 12.6 Å². The summed E-state index contributed by atoms with van der Waals surface area (Å²) in [5.41, 5.74) is 5.06. The SMILES string of the molecule is CN=C(NCCNC(=O)c1scnc1C)NCCC(c1ccccc1)c1ccccc1.I. The summed E-state index contributed by atoms with van der Waals surface area (Å²) in [6, 6.07) is 21.1. The molecule has 170 valence electrons. The summed E-state index contributed by atoms with van der Waals surface area (Å²) in [5, 5.41) is 9.54. The lowest BCUT2D eigenvalue weighted by Gasteiger charge is -2.19. The fourth-order valence-electron chi connectivity index (χ4n) is 3.41. The Morgan fingerprint density at radius 2 is 1.50 bits per heavy atom. The third kappa shape index (κ3) is 7.59. The number of carbonyl (C=O) groups excluding carboxylic acids is 1. The van der Waals surface area contributed by atoms with Gasteiger partial charge in [-0.1, -0.05) is 60.7 Å². The van der Waals surface area contributed by atoms with Crippen LogP contribution in [0.25, 0.3) is 0 Å². The summed E-state index contributed by atoms with van der Waals surface area (Å²) in [7, 11) is 1.75. The van der Waals surface area contributed by atoms with Crippen LogP contribution in [0.5, 0.6) is 0 Å². The second-order valence-electron chi connectivity index (χ2n) is 7.11. The number of benzene rings is 2. The van der Waals surface area contributed by atoms with Gasteiger partial charge in [0.25, 0.3) is 5.91 Å². The molecule has 0 aliphatic carbocycles. The molecular formula is C24H30IN5OS. The van der Waals surface area contributed by atoms with E-state index < -0.39 is 0 Å². The van der Waals surface area contributed by atoms with E-state index in [0.29, 0.717) is 23.9 Å². The molecule has 6 nitrogen and oxygen atoms in total. The van der Waals surface area contributed by atoms with Gasteiger partial charge in [0.1, 0.15) is 4.88 Å². The number of thiazole rings is 1. The van der Waals surface area contributed by atoms with Crippen LogP contribution in [0.1, 0.15) is 38.8 Å². The average Bonchev–Trinajstić information content (AvgIpc) is 3.25. The molecule has 1 heterocycles. The van der Waals surface area contributed by atoms with Crippen molar-refractivity contribution in [2.24, 2.45) is 4.99 Å². The van der Waals surface area contributed by atoms with Gasteiger partial charge in [0.2, 0.25) is 0 Å². The molecule has 0 aliphatic heterocycles. The van der Waals surface area contributed by atoms with Crippen molar-refractivity contribution in [3.8, 4) is 0 Å². The number of nitrogens with one attached hydrogen (secondary N) is 3. The van der Waals surface area contributed by atoms with Crippen LogP contribution >= 0.6 is 35.3 Å². The molecule has 3 aromatic rings. The predicted octanol–water partition coefficient (Wildman–Crippen LogP) is 4.19. The van der Waals surface area contributed by atoms with Gasteiger partial charge >= 0.3 is 0 Å². The molecule has 0 saturated heterocycles. The summed E-state index contributed by atoms with van der Waals surface area (Å²) in [4.78, 5) is 21.2. The highest BCUT2D eigenvalue weighted by Crippen LogP contribution is 2.27. The third-order valence-electron chi connectivity index (χ3n) is 5.01. The normalized spacial score (nSPS) is 11.0. The quantitative estimate of drug-likeness (QED) is 0.158. The third-order valence-corrected chi connectivity index (χ3v) is 5.94. The minimum absolute atomic E-state index is 0. The molecule has 0 saturated carbocycles. The number of guanidine groups is 1. The van der Waals surface area contributed by atoms with Crippen LogP contribution in [0.4, 0.5) is 0 Å². The van der Waals surface area contributed by atoms with Gasteiger partial charge in [-0.3, -0.25) is 9.79 Å². The predicted molar refractivity (Wildman–Crippen MR) is 143 cm³/mol. The van der Waals surface area contributed by atoms with Crippen molar-refractivity contribution in [1.82, 2.24) is 20.9 Å². The minimum atomic E-state index is -0.0849. The number of aromatic nitrogens is 1. The number of hydrogen-bond acceptors (Lipinski definition) is 4. The summed E-state index contributed by atoms with van der Waals surface area (Å²) in [6.45, 7) is 3.71. The first-order valence-corrected chi connectivity index (χ1v) is 11.3. The van der Waals surface area contributed by atoms with E-state index in [-0.39, 0.29) is 29.9 Å². The molecule has 32 heavy (non-hydrogen) atoms. The zero-order chi connectivity index (χ0) is 21.9. The van der Waals surface area contributed by atoms with E-state index in [2.05, 4.69) is 74.5 Å². The lowest BCUT2D eigenvalue weighted by atomic mass is 9.88. The number of nitrogens with zero attached hydrogens (tertiary/aromatic N) is 2. The van der Waals surface area contributed by atoms with Gasteiger partial charge in [-0.25, -0.2) is 4.98 Å². The second-order valence-corrected chi connectivity index (χ2v) is 7.97. The molecule has 3 rings (SSSR count). The number of amides is 1. The molecule has 1 amide bonds. The molecule has 0 fully saturated rings. The topological polar surface area (TPSA) is 78.4 Å². The van der Waals surface area contributed by atoms with Crippen LogP contribution < -0.4 is 16.0 Å². The first kappa shape index (κ1) is 25.8.